The molecule has 24 heavy (non-hydrogen) atoms. The first-order valence-corrected chi connectivity index (χ1v) is 9.54. The molecule has 7 heteroatoms. The topological polar surface area (TPSA) is 58.4 Å². The van der Waals surface area contributed by atoms with Gasteiger partial charge in [0.1, 0.15) is 5.82 Å². The molecule has 0 saturated carbocycles. The molecule has 0 radical (unpaired) electrons. The minimum absolute atomic E-state index is 0.128. The third-order valence-corrected chi connectivity index (χ3v) is 6.41. The first-order valence-electron chi connectivity index (χ1n) is 8.10. The predicted molar refractivity (Wildman–Crippen MR) is 94.6 cm³/mol. The maximum atomic E-state index is 13.0. The first kappa shape index (κ1) is 17.0. The Balaban J connectivity index is 1.97. The molecule has 0 aliphatic carbocycles. The van der Waals surface area contributed by atoms with Gasteiger partial charge in [-0.3, -0.25) is 0 Å². The summed E-state index contributed by atoms with van der Waals surface area (Å²) in [5, 5.41) is 0.137. The molecular weight excluding hydrogens is 324 g/mol. The third kappa shape index (κ3) is 2.93. The maximum Gasteiger partial charge on any atom is 0.262 e. The smallest absolute Gasteiger partial charge is 0.262 e. The van der Waals surface area contributed by atoms with Crippen molar-refractivity contribution in [3.63, 3.8) is 0 Å². The molecule has 0 N–H and O–H groups in total. The van der Waals surface area contributed by atoms with E-state index in [4.69, 9.17) is 0 Å². The highest BCUT2D eigenvalue weighted by Crippen LogP contribution is 2.37. The predicted octanol–water partition coefficient (Wildman–Crippen LogP) is 2.32. The van der Waals surface area contributed by atoms with Gasteiger partial charge < -0.3 is 9.47 Å². The molecule has 0 amide bonds. The van der Waals surface area contributed by atoms with Gasteiger partial charge in [-0.25, -0.2) is 13.4 Å². The van der Waals surface area contributed by atoms with Gasteiger partial charge in [-0.15, -0.1) is 0 Å². The first-order chi connectivity index (χ1) is 11.3. The lowest BCUT2D eigenvalue weighted by atomic mass is 10.0. The van der Waals surface area contributed by atoms with Crippen molar-refractivity contribution in [2.45, 2.75) is 30.8 Å². The SMILES string of the molecule is Cc1nc(S(=O)(=O)N2CCCC2c2cccc(N(C)C)c2)cn1C. The van der Waals surface area contributed by atoms with Crippen LogP contribution < -0.4 is 4.90 Å². The van der Waals surface area contributed by atoms with Gasteiger partial charge in [-0.1, -0.05) is 12.1 Å². The van der Waals surface area contributed by atoms with Crippen molar-refractivity contribution in [2.24, 2.45) is 7.05 Å². The van der Waals surface area contributed by atoms with Crippen molar-refractivity contribution in [1.82, 2.24) is 13.9 Å². The lowest BCUT2D eigenvalue weighted by Gasteiger charge is -2.24. The molecule has 1 aliphatic heterocycles. The zero-order valence-electron chi connectivity index (χ0n) is 14.6. The Kier molecular flexibility index (Phi) is 4.40. The Hall–Kier alpha value is -1.86. The number of sulfonamides is 1. The number of benzene rings is 1. The number of hydrogen-bond acceptors (Lipinski definition) is 4. The van der Waals surface area contributed by atoms with E-state index in [1.54, 1.807) is 22.0 Å². The zero-order valence-corrected chi connectivity index (χ0v) is 15.4. The summed E-state index contributed by atoms with van der Waals surface area (Å²) >= 11 is 0. The average Bonchev–Trinajstić information content (AvgIpc) is 3.16. The van der Waals surface area contributed by atoms with E-state index in [0.717, 1.165) is 24.1 Å². The van der Waals surface area contributed by atoms with E-state index in [-0.39, 0.29) is 11.1 Å². The summed E-state index contributed by atoms with van der Waals surface area (Å²) < 4.78 is 29.4. The normalized spacial score (nSPS) is 18.9. The highest BCUT2D eigenvalue weighted by molar-refractivity contribution is 7.89. The van der Waals surface area contributed by atoms with Crippen LogP contribution in [0.15, 0.2) is 35.5 Å². The van der Waals surface area contributed by atoms with Crippen LogP contribution in [0.5, 0.6) is 0 Å². The molecule has 1 aliphatic rings. The molecule has 1 aromatic carbocycles. The monoisotopic (exact) mass is 348 g/mol. The molecule has 1 saturated heterocycles. The summed E-state index contributed by atoms with van der Waals surface area (Å²) in [6, 6.07) is 7.97. The quantitative estimate of drug-likeness (QED) is 0.851. The maximum absolute atomic E-state index is 13.0. The van der Waals surface area contributed by atoms with Crippen LogP contribution in [0.25, 0.3) is 0 Å². The second-order valence-electron chi connectivity index (χ2n) is 6.50. The fraction of sp³-hybridized carbons (Fsp3) is 0.471. The van der Waals surface area contributed by atoms with Gasteiger partial charge in [-0.2, -0.15) is 4.31 Å². The van der Waals surface area contributed by atoms with Crippen molar-refractivity contribution >= 4 is 15.7 Å². The van der Waals surface area contributed by atoms with Crippen LogP contribution in [0.2, 0.25) is 0 Å². The van der Waals surface area contributed by atoms with Gasteiger partial charge in [0, 0.05) is 39.6 Å². The van der Waals surface area contributed by atoms with Crippen molar-refractivity contribution in [2.75, 3.05) is 25.5 Å². The number of aromatic nitrogens is 2. The summed E-state index contributed by atoms with van der Waals surface area (Å²) in [6.07, 6.45) is 3.29. The summed E-state index contributed by atoms with van der Waals surface area (Å²) in [6.45, 7) is 2.34. The lowest BCUT2D eigenvalue weighted by molar-refractivity contribution is 0.395. The van der Waals surface area contributed by atoms with Gasteiger partial charge >= 0.3 is 0 Å². The summed E-state index contributed by atoms with van der Waals surface area (Å²) in [5.74, 6) is 0.693. The van der Waals surface area contributed by atoms with Gasteiger partial charge in [0.2, 0.25) is 0 Å². The summed E-state index contributed by atoms with van der Waals surface area (Å²) in [5.41, 5.74) is 2.11. The summed E-state index contributed by atoms with van der Waals surface area (Å²) in [7, 11) is 2.20. The Morgan fingerprint density at radius 1 is 1.29 bits per heavy atom. The molecule has 1 aromatic heterocycles. The molecule has 2 aromatic rings. The van der Waals surface area contributed by atoms with Crippen LogP contribution in [-0.2, 0) is 17.1 Å². The van der Waals surface area contributed by atoms with Crippen LogP contribution in [0.3, 0.4) is 0 Å². The summed E-state index contributed by atoms with van der Waals surface area (Å²) in [4.78, 5) is 6.25. The molecule has 3 rings (SSSR count). The van der Waals surface area contributed by atoms with E-state index in [1.165, 1.54) is 0 Å². The molecule has 1 atom stereocenters. The largest absolute Gasteiger partial charge is 0.378 e. The van der Waals surface area contributed by atoms with Crippen molar-refractivity contribution in [1.29, 1.82) is 0 Å². The van der Waals surface area contributed by atoms with E-state index < -0.39 is 10.0 Å². The lowest BCUT2D eigenvalue weighted by Crippen LogP contribution is -2.31. The van der Waals surface area contributed by atoms with Crippen molar-refractivity contribution in [3.05, 3.63) is 41.9 Å². The Bertz CT molecular complexity index is 823. The second-order valence-corrected chi connectivity index (χ2v) is 8.34. The highest BCUT2D eigenvalue weighted by Gasteiger charge is 2.37. The standard InChI is InChI=1S/C17H24N4O2S/c1-13-18-17(12-20(13)4)24(22,23)21-10-6-9-16(21)14-7-5-8-15(11-14)19(2)3/h5,7-8,11-12,16H,6,9-10H2,1-4H3. The van der Waals surface area contributed by atoms with E-state index >= 15 is 0 Å². The van der Waals surface area contributed by atoms with Gasteiger partial charge in [0.05, 0.1) is 6.04 Å². The minimum atomic E-state index is -3.58. The average molecular weight is 348 g/mol. The van der Waals surface area contributed by atoms with Crippen LogP contribution in [0.4, 0.5) is 5.69 Å². The van der Waals surface area contributed by atoms with Crippen LogP contribution in [-0.4, -0.2) is 42.9 Å². The zero-order chi connectivity index (χ0) is 17.5. The van der Waals surface area contributed by atoms with Crippen LogP contribution in [0.1, 0.15) is 30.3 Å². The molecular formula is C17H24N4O2S. The van der Waals surface area contributed by atoms with E-state index in [0.29, 0.717) is 12.4 Å². The number of anilines is 1. The number of aryl methyl sites for hydroxylation is 2. The Morgan fingerprint density at radius 3 is 2.67 bits per heavy atom. The molecule has 0 bridgehead atoms. The number of imidazole rings is 1. The molecule has 1 unspecified atom stereocenters. The fourth-order valence-electron chi connectivity index (χ4n) is 3.14. The van der Waals surface area contributed by atoms with E-state index in [2.05, 4.69) is 11.1 Å². The van der Waals surface area contributed by atoms with Crippen LogP contribution in [0, 0.1) is 6.92 Å². The van der Waals surface area contributed by atoms with Crippen molar-refractivity contribution < 1.29 is 8.42 Å². The number of hydrogen-bond donors (Lipinski definition) is 0. The molecule has 1 fully saturated rings. The second kappa shape index (κ2) is 6.22. The minimum Gasteiger partial charge on any atom is -0.378 e. The molecule has 2 heterocycles. The molecule has 0 spiro atoms. The van der Waals surface area contributed by atoms with Gasteiger partial charge in [-0.05, 0) is 37.5 Å². The van der Waals surface area contributed by atoms with Crippen LogP contribution >= 0.6 is 0 Å². The van der Waals surface area contributed by atoms with E-state index in [9.17, 15) is 8.42 Å². The number of nitrogens with zero attached hydrogens (tertiary/aromatic N) is 4. The fourth-order valence-corrected chi connectivity index (χ4v) is 4.85. The Labute approximate surface area is 143 Å². The van der Waals surface area contributed by atoms with E-state index in [1.807, 2.05) is 44.2 Å². The number of rotatable bonds is 4. The van der Waals surface area contributed by atoms with Gasteiger partial charge in [0.15, 0.2) is 5.03 Å². The van der Waals surface area contributed by atoms with Crippen molar-refractivity contribution in [3.8, 4) is 0 Å². The van der Waals surface area contributed by atoms with Gasteiger partial charge in [0.25, 0.3) is 10.0 Å². The Morgan fingerprint density at radius 2 is 2.04 bits per heavy atom. The molecule has 6 nitrogen and oxygen atoms in total. The molecule has 130 valence electrons. The highest BCUT2D eigenvalue weighted by atomic mass is 32.2. The third-order valence-electron chi connectivity index (χ3n) is 4.63.